The number of hydrogen-bond donors (Lipinski definition) is 3. The van der Waals surface area contributed by atoms with Gasteiger partial charge in [0.15, 0.2) is 0 Å². The number of likely N-dealkylation sites (tertiary alicyclic amines) is 1. The molecule has 1 saturated heterocycles. The van der Waals surface area contributed by atoms with Gasteiger partial charge in [-0.25, -0.2) is 22.0 Å². The highest BCUT2D eigenvalue weighted by Crippen LogP contribution is 2.44. The maximum absolute atomic E-state index is 15.7. The molecule has 3 N–H and O–H groups in total. The van der Waals surface area contributed by atoms with Crippen LogP contribution in [0.5, 0.6) is 0 Å². The molecule has 0 radical (unpaired) electrons. The van der Waals surface area contributed by atoms with Gasteiger partial charge in [0.1, 0.15) is 24.1 Å². The van der Waals surface area contributed by atoms with Gasteiger partial charge in [0.25, 0.3) is 5.92 Å². The molecule has 0 amide bonds. The Balaban J connectivity index is 1.52. The molecule has 0 unspecified atom stereocenters. The van der Waals surface area contributed by atoms with E-state index in [2.05, 4.69) is 10.3 Å². The summed E-state index contributed by atoms with van der Waals surface area (Å²) in [6.07, 6.45) is 0.677. The first-order valence-electron chi connectivity index (χ1n) is 12.7. The van der Waals surface area contributed by atoms with Crippen LogP contribution in [0.3, 0.4) is 0 Å². The molecule has 2 atom stereocenters. The van der Waals surface area contributed by atoms with Crippen molar-refractivity contribution >= 4 is 16.6 Å². The number of aliphatic hydroxyl groups excluding tert-OH is 1. The lowest BCUT2D eigenvalue weighted by Gasteiger charge is -2.42. The number of rotatable bonds is 9. The third-order valence-corrected chi connectivity index (χ3v) is 7.53. The molecule has 11 heteroatoms. The summed E-state index contributed by atoms with van der Waals surface area (Å²) in [5.74, 6) is -5.93. The summed E-state index contributed by atoms with van der Waals surface area (Å²) in [5.41, 5.74) is 0.786. The lowest BCUT2D eigenvalue weighted by Crippen LogP contribution is -2.54. The van der Waals surface area contributed by atoms with Crippen molar-refractivity contribution in [3.8, 4) is 0 Å². The predicted octanol–water partition coefficient (Wildman–Crippen LogP) is 5.00. The second-order valence-corrected chi connectivity index (χ2v) is 10.3. The number of halogens is 6. The highest BCUT2D eigenvalue weighted by molar-refractivity contribution is 5.86. The first kappa shape index (κ1) is 26.8. The molecule has 1 aromatic heterocycles. The zero-order chi connectivity index (χ0) is 27.2. The van der Waals surface area contributed by atoms with Crippen molar-refractivity contribution in [2.75, 3.05) is 44.8 Å². The molecule has 3 aromatic rings. The number of para-hydroxylation sites is 1. The van der Waals surface area contributed by atoms with E-state index in [0.717, 1.165) is 12.1 Å². The number of H-pyrrole nitrogens is 1. The second-order valence-electron chi connectivity index (χ2n) is 10.3. The average molecular weight is 541 g/mol. The maximum Gasteiger partial charge on any atom is 0.283 e. The third kappa shape index (κ3) is 4.99. The average Bonchev–Trinajstić information content (AvgIpc) is 3.21. The predicted molar refractivity (Wildman–Crippen MR) is 133 cm³/mol. The van der Waals surface area contributed by atoms with E-state index in [4.69, 9.17) is 0 Å². The number of aromatic amines is 1. The lowest BCUT2D eigenvalue weighted by atomic mass is 9.87. The number of nitrogens with zero attached hydrogens (tertiary/aromatic N) is 2. The zero-order valence-corrected chi connectivity index (χ0v) is 20.9. The molecule has 38 heavy (non-hydrogen) atoms. The van der Waals surface area contributed by atoms with Gasteiger partial charge < -0.3 is 15.4 Å². The summed E-state index contributed by atoms with van der Waals surface area (Å²) in [4.78, 5) is 6.21. The Morgan fingerprint density at radius 1 is 1.11 bits per heavy atom. The summed E-state index contributed by atoms with van der Waals surface area (Å²) in [5, 5.41) is 12.8. The Kier molecular flexibility index (Phi) is 7.36. The standard InChI is InChI=1S/C27H30F6N4O/c1-15-8-19-18-4-2-5-20(29)24(18)35-25(19)26(37(15)13-27(32,33)14-38)23-21(30)9-16(10-22(23)31)34-17-11-36(12-17)7-3-6-28/h2,4-5,9-10,15,17,26,34-35,38H,3,6-8,11-14H2,1H3/t15-,26-/m1/s1. The first-order chi connectivity index (χ1) is 18.1. The Labute approximate surface area is 216 Å². The van der Waals surface area contributed by atoms with Crippen molar-refractivity contribution in [3.63, 3.8) is 0 Å². The molecule has 0 saturated carbocycles. The fourth-order valence-electron chi connectivity index (χ4n) is 5.71. The Hall–Kier alpha value is -2.76. The van der Waals surface area contributed by atoms with Gasteiger partial charge in [-0.3, -0.25) is 14.2 Å². The Morgan fingerprint density at radius 3 is 2.47 bits per heavy atom. The molecule has 3 heterocycles. The molecule has 2 aromatic carbocycles. The monoisotopic (exact) mass is 540 g/mol. The summed E-state index contributed by atoms with van der Waals surface area (Å²) >= 11 is 0. The molecule has 0 bridgehead atoms. The molecule has 2 aliphatic heterocycles. The van der Waals surface area contributed by atoms with Crippen LogP contribution in [0.2, 0.25) is 0 Å². The molecular weight excluding hydrogens is 510 g/mol. The zero-order valence-electron chi connectivity index (χ0n) is 20.9. The van der Waals surface area contributed by atoms with Crippen LogP contribution in [0.15, 0.2) is 30.3 Å². The van der Waals surface area contributed by atoms with Gasteiger partial charge in [-0.2, -0.15) is 0 Å². The minimum Gasteiger partial charge on any atom is -0.390 e. The van der Waals surface area contributed by atoms with Gasteiger partial charge >= 0.3 is 0 Å². The second kappa shape index (κ2) is 10.4. The van der Waals surface area contributed by atoms with Crippen LogP contribution in [-0.2, 0) is 6.42 Å². The molecule has 2 aliphatic rings. The smallest absolute Gasteiger partial charge is 0.283 e. The highest BCUT2D eigenvalue weighted by Gasteiger charge is 2.43. The molecule has 206 valence electrons. The number of fused-ring (bicyclic) bond motifs is 3. The largest absolute Gasteiger partial charge is 0.390 e. The normalized spacial score (nSPS) is 21.1. The molecule has 5 rings (SSSR count). The number of aromatic nitrogens is 1. The summed E-state index contributed by atoms with van der Waals surface area (Å²) in [6, 6.07) is 4.78. The number of benzene rings is 2. The van der Waals surface area contributed by atoms with E-state index in [9.17, 15) is 22.7 Å². The van der Waals surface area contributed by atoms with Gasteiger partial charge in [0.2, 0.25) is 0 Å². The van der Waals surface area contributed by atoms with Crippen molar-refractivity contribution < 1.29 is 31.4 Å². The summed E-state index contributed by atoms with van der Waals surface area (Å²) in [7, 11) is 0. The van der Waals surface area contributed by atoms with Crippen LogP contribution in [0.25, 0.3) is 10.9 Å². The van der Waals surface area contributed by atoms with Crippen molar-refractivity contribution in [1.82, 2.24) is 14.8 Å². The van der Waals surface area contributed by atoms with E-state index in [0.29, 0.717) is 37.0 Å². The van der Waals surface area contributed by atoms with E-state index < -0.39 is 60.8 Å². The van der Waals surface area contributed by atoms with Crippen LogP contribution in [0.4, 0.5) is 32.0 Å². The van der Waals surface area contributed by atoms with E-state index in [-0.39, 0.29) is 29.4 Å². The van der Waals surface area contributed by atoms with Crippen LogP contribution < -0.4 is 5.32 Å². The number of nitrogens with one attached hydrogen (secondary N) is 2. The topological polar surface area (TPSA) is 54.5 Å². The van der Waals surface area contributed by atoms with Crippen LogP contribution in [-0.4, -0.2) is 77.4 Å². The van der Waals surface area contributed by atoms with Crippen LogP contribution >= 0.6 is 0 Å². The van der Waals surface area contributed by atoms with Gasteiger partial charge in [0.05, 0.1) is 30.8 Å². The minimum absolute atomic E-state index is 0.0583. The third-order valence-electron chi connectivity index (χ3n) is 7.53. The van der Waals surface area contributed by atoms with Gasteiger partial charge in [-0.15, -0.1) is 0 Å². The molecule has 0 aliphatic carbocycles. The summed E-state index contributed by atoms with van der Waals surface area (Å²) < 4.78 is 87.2. The molecule has 1 fully saturated rings. The first-order valence-corrected chi connectivity index (χ1v) is 12.7. The van der Waals surface area contributed by atoms with Crippen LogP contribution in [0.1, 0.15) is 36.2 Å². The highest BCUT2D eigenvalue weighted by atomic mass is 19.3. The minimum atomic E-state index is -3.52. The van der Waals surface area contributed by atoms with Gasteiger partial charge in [0, 0.05) is 48.0 Å². The summed E-state index contributed by atoms with van der Waals surface area (Å²) in [6.45, 7) is 0.726. The molecular formula is C27H30F6N4O. The van der Waals surface area contributed by atoms with E-state index >= 15 is 8.78 Å². The number of aliphatic hydroxyl groups is 1. The Morgan fingerprint density at radius 2 is 1.82 bits per heavy atom. The van der Waals surface area contributed by atoms with Gasteiger partial charge in [-0.1, -0.05) is 12.1 Å². The van der Waals surface area contributed by atoms with E-state index in [1.54, 1.807) is 13.0 Å². The van der Waals surface area contributed by atoms with E-state index in [1.807, 2.05) is 4.90 Å². The van der Waals surface area contributed by atoms with Crippen LogP contribution in [0, 0.1) is 17.5 Å². The van der Waals surface area contributed by atoms with Crippen molar-refractivity contribution in [1.29, 1.82) is 0 Å². The SMILES string of the molecule is C[C@@H]1Cc2c([nH]c3c(F)cccc23)[C@@H](c2c(F)cc(NC3CN(CCCF)C3)cc2F)N1CC(F)(F)CO. The fourth-order valence-corrected chi connectivity index (χ4v) is 5.71. The Bertz CT molecular complexity index is 1290. The molecule has 0 spiro atoms. The quantitative estimate of drug-likeness (QED) is 0.335. The maximum atomic E-state index is 15.7. The van der Waals surface area contributed by atoms with Crippen molar-refractivity contribution in [2.45, 2.75) is 43.8 Å². The van der Waals surface area contributed by atoms with Crippen molar-refractivity contribution in [2.24, 2.45) is 0 Å². The van der Waals surface area contributed by atoms with E-state index in [1.165, 1.54) is 17.0 Å². The van der Waals surface area contributed by atoms with Crippen molar-refractivity contribution in [3.05, 3.63) is 64.6 Å². The number of alkyl halides is 3. The fraction of sp³-hybridized carbons (Fsp3) is 0.481. The number of hydrogen-bond acceptors (Lipinski definition) is 4. The lowest BCUT2D eigenvalue weighted by molar-refractivity contribution is -0.0869. The molecule has 5 nitrogen and oxygen atoms in total. The number of anilines is 1. The van der Waals surface area contributed by atoms with Gasteiger partial charge in [-0.05, 0) is 43.5 Å².